The monoisotopic (exact) mass is 508 g/mol. The minimum Gasteiger partial charge on any atom is -0.478 e. The van der Waals surface area contributed by atoms with Gasteiger partial charge in [0.2, 0.25) is 4.77 Å². The Kier molecular flexibility index (Phi) is 6.88. The van der Waals surface area contributed by atoms with Crippen molar-refractivity contribution in [2.24, 2.45) is 0 Å². The van der Waals surface area contributed by atoms with Crippen LogP contribution >= 0.6 is 12.2 Å². The average molecular weight is 509 g/mol. The maximum atomic E-state index is 13.5. The van der Waals surface area contributed by atoms with Gasteiger partial charge in [-0.3, -0.25) is 9.59 Å². The number of carbonyl (C=O) groups is 3. The molecule has 0 aliphatic heterocycles. The zero-order valence-corrected chi connectivity index (χ0v) is 20.1. The van der Waals surface area contributed by atoms with Gasteiger partial charge in [0.05, 0.1) is 5.56 Å². The lowest BCUT2D eigenvalue weighted by molar-refractivity contribution is 0.0695. The normalized spacial score (nSPS) is 10.9. The molecule has 0 spiro atoms. The van der Waals surface area contributed by atoms with E-state index < -0.39 is 17.8 Å². The minimum absolute atomic E-state index is 0.0390. The fourth-order valence-electron chi connectivity index (χ4n) is 3.64. The molecule has 2 aromatic heterocycles. The number of benzene rings is 2. The number of fused-ring (bicyclic) bond motifs is 1. The van der Waals surface area contributed by atoms with E-state index in [9.17, 15) is 18.8 Å². The molecule has 0 bridgehead atoms. The minimum atomic E-state index is -1.03. The number of halogens is 1. The highest BCUT2D eigenvalue weighted by molar-refractivity contribution is 7.71. The summed E-state index contributed by atoms with van der Waals surface area (Å²) in [7, 11) is 0. The maximum Gasteiger partial charge on any atom is 0.335 e. The van der Waals surface area contributed by atoms with E-state index in [0.29, 0.717) is 22.3 Å². The molecule has 4 rings (SSSR count). The van der Waals surface area contributed by atoms with Crippen LogP contribution in [0, 0.1) is 24.4 Å². The van der Waals surface area contributed by atoms with Gasteiger partial charge in [0.1, 0.15) is 17.2 Å². The Bertz CT molecular complexity index is 1580. The van der Waals surface area contributed by atoms with Crippen LogP contribution in [0.1, 0.15) is 53.6 Å². The molecule has 0 fully saturated rings. The SMILES string of the molecule is Cc1cc(CNC(=O)c2cc(C(=O)NCc3ccc(C(=O)O)c(C)c3)nc3n[nH]c(=S)n23)ccc1F. The first-order valence-corrected chi connectivity index (χ1v) is 11.2. The maximum absolute atomic E-state index is 13.5. The predicted octanol–water partition coefficient (Wildman–Crippen LogP) is 3.10. The predicted molar refractivity (Wildman–Crippen MR) is 130 cm³/mol. The molecule has 2 amide bonds. The van der Waals surface area contributed by atoms with Gasteiger partial charge in [0, 0.05) is 13.1 Å². The zero-order valence-electron chi connectivity index (χ0n) is 19.3. The molecule has 0 unspecified atom stereocenters. The van der Waals surface area contributed by atoms with Crippen LogP contribution in [0.2, 0.25) is 0 Å². The summed E-state index contributed by atoms with van der Waals surface area (Å²) in [6.07, 6.45) is 0. The Balaban J connectivity index is 1.54. The quantitative estimate of drug-likeness (QED) is 0.281. The average Bonchev–Trinajstić information content (AvgIpc) is 3.22. The fourth-order valence-corrected chi connectivity index (χ4v) is 3.86. The van der Waals surface area contributed by atoms with Crippen molar-refractivity contribution in [1.82, 2.24) is 30.2 Å². The first kappa shape index (κ1) is 24.7. The molecule has 0 atom stereocenters. The third-order valence-corrected chi connectivity index (χ3v) is 5.78. The van der Waals surface area contributed by atoms with E-state index in [0.717, 1.165) is 0 Å². The van der Waals surface area contributed by atoms with Gasteiger partial charge < -0.3 is 15.7 Å². The summed E-state index contributed by atoms with van der Waals surface area (Å²) in [5.41, 5.74) is 2.58. The fraction of sp³-hybridized carbons (Fsp3) is 0.167. The van der Waals surface area contributed by atoms with E-state index in [1.54, 1.807) is 38.1 Å². The highest BCUT2D eigenvalue weighted by atomic mass is 32.1. The van der Waals surface area contributed by atoms with Gasteiger partial charge in [0.15, 0.2) is 0 Å². The molecule has 184 valence electrons. The van der Waals surface area contributed by atoms with Crippen molar-refractivity contribution in [2.45, 2.75) is 26.9 Å². The van der Waals surface area contributed by atoms with Crippen molar-refractivity contribution < 1.29 is 23.9 Å². The lowest BCUT2D eigenvalue weighted by Crippen LogP contribution is -2.28. The van der Waals surface area contributed by atoms with Crippen LogP contribution in [0.15, 0.2) is 42.5 Å². The Labute approximate surface area is 209 Å². The molecule has 10 nitrogen and oxygen atoms in total. The molecule has 2 heterocycles. The number of rotatable bonds is 7. The van der Waals surface area contributed by atoms with Crippen LogP contribution in [0.5, 0.6) is 0 Å². The summed E-state index contributed by atoms with van der Waals surface area (Å²) >= 11 is 5.21. The molecular weight excluding hydrogens is 487 g/mol. The van der Waals surface area contributed by atoms with Gasteiger partial charge in [0.25, 0.3) is 17.6 Å². The van der Waals surface area contributed by atoms with Crippen LogP contribution in [0.25, 0.3) is 5.78 Å². The number of hydrogen-bond donors (Lipinski definition) is 4. The molecule has 0 aliphatic rings. The Morgan fingerprint density at radius 1 is 1.00 bits per heavy atom. The molecule has 36 heavy (non-hydrogen) atoms. The zero-order chi connectivity index (χ0) is 26.0. The second-order valence-corrected chi connectivity index (χ2v) is 8.48. The van der Waals surface area contributed by atoms with Crippen molar-refractivity contribution in [1.29, 1.82) is 0 Å². The van der Waals surface area contributed by atoms with E-state index in [2.05, 4.69) is 25.8 Å². The number of aromatic carboxylic acids is 1. The van der Waals surface area contributed by atoms with Crippen molar-refractivity contribution in [3.63, 3.8) is 0 Å². The van der Waals surface area contributed by atoms with E-state index in [1.807, 2.05) is 0 Å². The molecule has 0 saturated carbocycles. The largest absolute Gasteiger partial charge is 0.478 e. The molecule has 0 radical (unpaired) electrons. The number of H-pyrrole nitrogens is 1. The number of nitrogens with one attached hydrogen (secondary N) is 3. The first-order valence-electron chi connectivity index (χ1n) is 10.8. The van der Waals surface area contributed by atoms with Crippen LogP contribution < -0.4 is 10.6 Å². The number of carboxylic acid groups (broad SMARTS) is 1. The van der Waals surface area contributed by atoms with Gasteiger partial charge in [-0.15, -0.1) is 5.10 Å². The summed E-state index contributed by atoms with van der Waals surface area (Å²) in [6.45, 7) is 3.54. The van der Waals surface area contributed by atoms with E-state index in [4.69, 9.17) is 17.3 Å². The number of hydrogen-bond acceptors (Lipinski definition) is 6. The van der Waals surface area contributed by atoms with Gasteiger partial charge >= 0.3 is 5.97 Å². The number of nitrogens with zero attached hydrogens (tertiary/aromatic N) is 3. The Morgan fingerprint density at radius 2 is 1.64 bits per heavy atom. The topological polar surface area (TPSA) is 141 Å². The summed E-state index contributed by atoms with van der Waals surface area (Å²) in [5, 5.41) is 21.1. The van der Waals surface area contributed by atoms with Gasteiger partial charge in [-0.05, 0) is 66.5 Å². The standard InChI is InChI=1S/C24H21FN6O4S/c1-12-7-14(3-5-16(12)22(34)35)10-26-20(32)18-9-19(31-23(28-18)29-30-24(31)36)21(33)27-11-15-4-6-17(25)13(2)8-15/h3-9H,10-11H2,1-2H3,(H,26,32)(H,27,33)(H,30,36)(H,34,35). The van der Waals surface area contributed by atoms with Gasteiger partial charge in [-0.2, -0.15) is 0 Å². The summed E-state index contributed by atoms with van der Waals surface area (Å²) in [5.74, 6) is -2.42. The molecule has 4 N–H and O–H groups in total. The lowest BCUT2D eigenvalue weighted by atomic mass is 10.1. The second kappa shape index (κ2) is 10.0. The van der Waals surface area contributed by atoms with E-state index in [-0.39, 0.29) is 46.4 Å². The number of carboxylic acids is 1. The molecule has 4 aromatic rings. The van der Waals surface area contributed by atoms with Crippen LogP contribution in [-0.2, 0) is 13.1 Å². The van der Waals surface area contributed by atoms with E-state index >= 15 is 0 Å². The number of amides is 2. The van der Waals surface area contributed by atoms with Crippen molar-refractivity contribution in [3.8, 4) is 0 Å². The first-order chi connectivity index (χ1) is 17.1. The third kappa shape index (κ3) is 5.13. The second-order valence-electron chi connectivity index (χ2n) is 8.09. The van der Waals surface area contributed by atoms with Crippen LogP contribution in [0.4, 0.5) is 4.39 Å². The summed E-state index contributed by atoms with van der Waals surface area (Å²) in [6, 6.07) is 10.6. The molecule has 12 heteroatoms. The number of carbonyl (C=O) groups excluding carboxylic acids is 2. The molecule has 0 saturated heterocycles. The summed E-state index contributed by atoms with van der Waals surface area (Å²) < 4.78 is 15.0. The van der Waals surface area contributed by atoms with Crippen molar-refractivity contribution in [3.05, 3.63) is 92.3 Å². The third-order valence-electron chi connectivity index (χ3n) is 5.50. The van der Waals surface area contributed by atoms with Crippen molar-refractivity contribution >= 4 is 35.8 Å². The van der Waals surface area contributed by atoms with Crippen molar-refractivity contribution in [2.75, 3.05) is 0 Å². The number of aromatic nitrogens is 4. The molecule has 2 aromatic carbocycles. The highest BCUT2D eigenvalue weighted by Crippen LogP contribution is 2.13. The lowest BCUT2D eigenvalue weighted by Gasteiger charge is -2.10. The Morgan fingerprint density at radius 3 is 2.28 bits per heavy atom. The summed E-state index contributed by atoms with van der Waals surface area (Å²) in [4.78, 5) is 41.2. The number of aromatic amines is 1. The smallest absolute Gasteiger partial charge is 0.335 e. The molecular formula is C24H21FN6O4S. The van der Waals surface area contributed by atoms with Crippen LogP contribution in [-0.4, -0.2) is 42.5 Å². The van der Waals surface area contributed by atoms with Gasteiger partial charge in [-0.25, -0.2) is 23.7 Å². The van der Waals surface area contributed by atoms with Gasteiger partial charge in [-0.1, -0.05) is 24.3 Å². The molecule has 0 aliphatic carbocycles. The van der Waals surface area contributed by atoms with Crippen LogP contribution in [0.3, 0.4) is 0 Å². The number of aryl methyl sites for hydroxylation is 2. The highest BCUT2D eigenvalue weighted by Gasteiger charge is 2.19. The van der Waals surface area contributed by atoms with E-state index in [1.165, 1.54) is 22.6 Å². The Hall–Kier alpha value is -4.45.